The molecule has 4 nitrogen and oxygen atoms in total. The van der Waals surface area contributed by atoms with Crippen molar-refractivity contribution in [3.8, 4) is 5.75 Å². The predicted molar refractivity (Wildman–Crippen MR) is 131 cm³/mol. The van der Waals surface area contributed by atoms with E-state index in [4.69, 9.17) is 4.74 Å². The van der Waals surface area contributed by atoms with Gasteiger partial charge in [0, 0.05) is 17.1 Å². The van der Waals surface area contributed by atoms with Crippen LogP contribution in [0.3, 0.4) is 0 Å². The van der Waals surface area contributed by atoms with E-state index in [1.54, 1.807) is 19.1 Å². The van der Waals surface area contributed by atoms with Crippen molar-refractivity contribution in [2.75, 3.05) is 6.61 Å². The number of Topliss-reactive ketones (excluding diaryl/α,β-unsaturated/α-hetero) is 2. The third-order valence-electron chi connectivity index (χ3n) is 6.03. The number of unbranched alkanes of at least 4 members (excludes halogenated alkanes) is 5. The van der Waals surface area contributed by atoms with Gasteiger partial charge in [-0.25, -0.2) is 0 Å². The fourth-order valence-corrected chi connectivity index (χ4v) is 4.14. The predicted octanol–water partition coefficient (Wildman–Crippen LogP) is 7.25. The Hall–Kier alpha value is -3.09. The Balaban J connectivity index is 1.57. The van der Waals surface area contributed by atoms with E-state index in [1.807, 2.05) is 24.3 Å². The molecule has 0 saturated heterocycles. The number of ether oxygens (including phenoxy) is 1. The second-order valence-corrected chi connectivity index (χ2v) is 9.01. The summed E-state index contributed by atoms with van der Waals surface area (Å²) in [7, 11) is 0. The minimum Gasteiger partial charge on any atom is -0.486 e. The Morgan fingerprint density at radius 1 is 0.943 bits per heavy atom. The number of alkyl halides is 3. The summed E-state index contributed by atoms with van der Waals surface area (Å²) in [6.07, 6.45) is 4.57. The van der Waals surface area contributed by atoms with Crippen molar-refractivity contribution in [2.45, 2.75) is 71.5 Å². The van der Waals surface area contributed by atoms with Gasteiger partial charge in [-0.1, -0.05) is 62.8 Å². The Morgan fingerprint density at radius 2 is 1.63 bits per heavy atom. The molecule has 0 atom stereocenters. The van der Waals surface area contributed by atoms with Crippen LogP contribution < -0.4 is 4.74 Å². The van der Waals surface area contributed by atoms with Gasteiger partial charge in [-0.3, -0.25) is 9.59 Å². The summed E-state index contributed by atoms with van der Waals surface area (Å²) in [5, 5.41) is 0.182. The Kier molecular flexibility index (Phi) is 9.13. The minimum atomic E-state index is -4.99. The molecule has 0 N–H and O–H groups in total. The fourth-order valence-electron chi connectivity index (χ4n) is 4.14. The standard InChI is InChI=1S/C28H32F3NO3/c1-3-4-5-6-7-8-9-21-11-13-23(14-12-21)35-19-22(33)17-32-18-25(27(34)28(29,30)31)24-16-20(2)10-15-26(24)32/h10-16,18H,3-9,17,19H2,1-2H3. The highest BCUT2D eigenvalue weighted by molar-refractivity contribution is 6.11. The van der Waals surface area contributed by atoms with Gasteiger partial charge < -0.3 is 9.30 Å². The molecule has 0 unspecified atom stereocenters. The van der Waals surface area contributed by atoms with Gasteiger partial charge in [0.05, 0.1) is 12.1 Å². The van der Waals surface area contributed by atoms with Crippen molar-refractivity contribution in [3.05, 3.63) is 65.4 Å². The normalized spacial score (nSPS) is 11.7. The Morgan fingerprint density at radius 3 is 2.31 bits per heavy atom. The van der Waals surface area contributed by atoms with Gasteiger partial charge in [0.1, 0.15) is 12.4 Å². The monoisotopic (exact) mass is 487 g/mol. The number of fused-ring (bicyclic) bond motifs is 1. The summed E-state index contributed by atoms with van der Waals surface area (Å²) >= 11 is 0. The van der Waals surface area contributed by atoms with Crippen molar-refractivity contribution >= 4 is 22.5 Å². The average Bonchev–Trinajstić information content (AvgIpc) is 3.16. The van der Waals surface area contributed by atoms with E-state index < -0.39 is 17.5 Å². The van der Waals surface area contributed by atoms with Gasteiger partial charge in [0.2, 0.25) is 0 Å². The molecule has 0 aliphatic heterocycles. The van der Waals surface area contributed by atoms with E-state index in [2.05, 4.69) is 6.92 Å². The van der Waals surface area contributed by atoms with E-state index in [9.17, 15) is 22.8 Å². The van der Waals surface area contributed by atoms with E-state index in [-0.39, 0.29) is 24.3 Å². The third kappa shape index (κ3) is 7.44. The summed E-state index contributed by atoms with van der Waals surface area (Å²) in [6, 6.07) is 12.5. The largest absolute Gasteiger partial charge is 0.486 e. The Bertz CT molecular complexity index is 1150. The Labute approximate surface area is 204 Å². The average molecular weight is 488 g/mol. The van der Waals surface area contributed by atoms with Crippen LogP contribution >= 0.6 is 0 Å². The van der Waals surface area contributed by atoms with E-state index in [1.165, 1.54) is 48.3 Å². The van der Waals surface area contributed by atoms with Gasteiger partial charge in [0.25, 0.3) is 5.78 Å². The molecular weight excluding hydrogens is 455 g/mol. The van der Waals surface area contributed by atoms with Crippen molar-refractivity contribution in [1.82, 2.24) is 4.57 Å². The quantitative estimate of drug-likeness (QED) is 0.189. The molecule has 2 aromatic carbocycles. The molecule has 1 heterocycles. The smallest absolute Gasteiger partial charge is 0.454 e. The number of carbonyl (C=O) groups excluding carboxylic acids is 2. The van der Waals surface area contributed by atoms with Crippen molar-refractivity contribution in [2.24, 2.45) is 0 Å². The highest BCUT2D eigenvalue weighted by Gasteiger charge is 2.40. The lowest BCUT2D eigenvalue weighted by Crippen LogP contribution is -2.22. The number of hydrogen-bond acceptors (Lipinski definition) is 3. The maximum Gasteiger partial charge on any atom is 0.454 e. The molecule has 0 radical (unpaired) electrons. The molecule has 35 heavy (non-hydrogen) atoms. The fraction of sp³-hybridized carbons (Fsp3) is 0.429. The summed E-state index contributed by atoms with van der Waals surface area (Å²) in [4.78, 5) is 24.4. The highest BCUT2D eigenvalue weighted by atomic mass is 19.4. The van der Waals surface area contributed by atoms with Crippen LogP contribution in [0.15, 0.2) is 48.7 Å². The third-order valence-corrected chi connectivity index (χ3v) is 6.03. The maximum atomic E-state index is 13.1. The lowest BCUT2D eigenvalue weighted by Gasteiger charge is -2.08. The maximum absolute atomic E-state index is 13.1. The lowest BCUT2D eigenvalue weighted by atomic mass is 10.0. The zero-order valence-corrected chi connectivity index (χ0v) is 20.3. The van der Waals surface area contributed by atoms with Crippen molar-refractivity contribution < 1.29 is 27.5 Å². The number of carbonyl (C=O) groups is 2. The number of hydrogen-bond donors (Lipinski definition) is 0. The van der Waals surface area contributed by atoms with Crippen LogP contribution in [-0.4, -0.2) is 28.9 Å². The molecule has 0 saturated carbocycles. The summed E-state index contributed by atoms with van der Waals surface area (Å²) in [5.74, 6) is -1.67. The first kappa shape index (κ1) is 26.5. The zero-order chi connectivity index (χ0) is 25.4. The lowest BCUT2D eigenvalue weighted by molar-refractivity contribution is -0.121. The summed E-state index contributed by atoms with van der Waals surface area (Å²) in [5.41, 5.74) is 1.89. The molecule has 0 aliphatic rings. The number of rotatable bonds is 13. The molecule has 0 amide bonds. The number of benzene rings is 2. The van der Waals surface area contributed by atoms with E-state index >= 15 is 0 Å². The molecule has 0 bridgehead atoms. The topological polar surface area (TPSA) is 48.3 Å². The molecule has 0 fully saturated rings. The first-order valence-electron chi connectivity index (χ1n) is 12.1. The number of nitrogens with zero attached hydrogens (tertiary/aromatic N) is 1. The van der Waals surface area contributed by atoms with Crippen LogP contribution in [0.1, 0.15) is 66.9 Å². The van der Waals surface area contributed by atoms with Crippen LogP contribution in [0.2, 0.25) is 0 Å². The van der Waals surface area contributed by atoms with Gasteiger partial charge >= 0.3 is 6.18 Å². The number of ketones is 2. The van der Waals surface area contributed by atoms with E-state index in [0.29, 0.717) is 11.3 Å². The summed E-state index contributed by atoms with van der Waals surface area (Å²) in [6.45, 7) is 3.53. The minimum absolute atomic E-state index is 0.182. The number of halogens is 3. The number of aromatic nitrogens is 1. The van der Waals surface area contributed by atoms with Crippen LogP contribution in [0.4, 0.5) is 13.2 Å². The second kappa shape index (κ2) is 12.0. The molecule has 1 aromatic heterocycles. The van der Waals surface area contributed by atoms with Gasteiger partial charge in [-0.05, 0) is 49.6 Å². The molecule has 0 aliphatic carbocycles. The van der Waals surface area contributed by atoms with E-state index in [0.717, 1.165) is 24.6 Å². The van der Waals surface area contributed by atoms with Gasteiger partial charge in [-0.2, -0.15) is 13.2 Å². The first-order valence-corrected chi connectivity index (χ1v) is 12.1. The highest BCUT2D eigenvalue weighted by Crippen LogP contribution is 2.29. The molecule has 7 heteroatoms. The van der Waals surface area contributed by atoms with Gasteiger partial charge in [-0.15, -0.1) is 0 Å². The summed E-state index contributed by atoms with van der Waals surface area (Å²) < 4.78 is 46.1. The SMILES string of the molecule is CCCCCCCCc1ccc(OCC(=O)Cn2cc(C(=O)C(F)(F)F)c3cc(C)ccc32)cc1. The van der Waals surface area contributed by atoms with Crippen molar-refractivity contribution in [1.29, 1.82) is 0 Å². The molecular formula is C28H32F3NO3. The second-order valence-electron chi connectivity index (χ2n) is 9.01. The van der Waals surface area contributed by atoms with Crippen LogP contribution in [-0.2, 0) is 17.8 Å². The van der Waals surface area contributed by atoms with Gasteiger partial charge in [0.15, 0.2) is 5.78 Å². The van der Waals surface area contributed by atoms with Crippen LogP contribution in [0.25, 0.3) is 10.9 Å². The van der Waals surface area contributed by atoms with Crippen LogP contribution in [0.5, 0.6) is 5.75 Å². The molecule has 0 spiro atoms. The molecule has 3 aromatic rings. The zero-order valence-electron chi connectivity index (χ0n) is 20.3. The van der Waals surface area contributed by atoms with Crippen LogP contribution in [0, 0.1) is 6.92 Å². The van der Waals surface area contributed by atoms with Crippen molar-refractivity contribution in [3.63, 3.8) is 0 Å². The number of aryl methyl sites for hydroxylation is 2. The molecule has 188 valence electrons. The molecule has 3 rings (SSSR count). The first-order chi connectivity index (χ1) is 16.7.